The summed E-state index contributed by atoms with van der Waals surface area (Å²) in [6, 6.07) is 0. The van der Waals surface area contributed by atoms with E-state index < -0.39 is 6.16 Å². The van der Waals surface area contributed by atoms with Gasteiger partial charge in [-0.2, -0.15) is 0 Å². The molecule has 0 rings (SSSR count). The zero-order valence-corrected chi connectivity index (χ0v) is 5.49. The fourth-order valence-electron chi connectivity index (χ4n) is 0.276. The molecule has 0 bridgehead atoms. The summed E-state index contributed by atoms with van der Waals surface area (Å²) < 4.78 is 8.00. The van der Waals surface area contributed by atoms with Crippen molar-refractivity contribution in [1.82, 2.24) is 0 Å². The molecule has 0 aromatic carbocycles. The average Bonchev–Trinajstić information content (AvgIpc) is 1.89. The van der Waals surface area contributed by atoms with E-state index in [0.717, 1.165) is 6.47 Å². The predicted molar refractivity (Wildman–Crippen MR) is 32.9 cm³/mol. The van der Waals surface area contributed by atoms with Crippen molar-refractivity contribution >= 4 is 12.6 Å². The topological polar surface area (TPSA) is 52.6 Å². The van der Waals surface area contributed by atoms with Gasteiger partial charge >= 0.3 is 12.6 Å². The fourth-order valence-corrected chi connectivity index (χ4v) is 0.276. The van der Waals surface area contributed by atoms with Crippen LogP contribution in [0.3, 0.4) is 0 Å². The van der Waals surface area contributed by atoms with Crippen molar-refractivity contribution in [1.29, 1.82) is 0 Å². The molecule has 0 aromatic rings. The molecule has 1 radical (unpaired) electrons. The summed E-state index contributed by atoms with van der Waals surface area (Å²) >= 11 is 0. The van der Waals surface area contributed by atoms with Crippen LogP contribution in [-0.2, 0) is 14.3 Å². The summed E-state index contributed by atoms with van der Waals surface area (Å²) in [7, 11) is 0. The van der Waals surface area contributed by atoms with E-state index >= 15 is 0 Å². The maximum absolute atomic E-state index is 10.2. The molecule has 0 aromatic heterocycles. The number of allylic oxidation sites excluding steroid dienone is 1. The van der Waals surface area contributed by atoms with Gasteiger partial charge in [-0.05, 0) is 6.92 Å². The molecule has 0 atom stereocenters. The molecule has 0 aliphatic heterocycles. The Labute approximate surface area is 58.4 Å². The van der Waals surface area contributed by atoms with Gasteiger partial charge in [0.25, 0.3) is 0 Å². The third kappa shape index (κ3) is 4.83. The van der Waals surface area contributed by atoms with Gasteiger partial charge in [0.2, 0.25) is 0 Å². The number of carbonyl (C=O) groups is 1. The largest absolute Gasteiger partial charge is 0.516 e. The Bertz CT molecular complexity index is 139. The Balaban J connectivity index is 3.30. The van der Waals surface area contributed by atoms with Crippen molar-refractivity contribution in [3.63, 3.8) is 0 Å². The molecule has 0 aliphatic rings. The van der Waals surface area contributed by atoms with Gasteiger partial charge in [-0.15, -0.1) is 0 Å². The zero-order valence-electron chi connectivity index (χ0n) is 5.49. The average molecular weight is 143 g/mol. The first-order valence-corrected chi connectivity index (χ1v) is 2.63. The van der Waals surface area contributed by atoms with E-state index in [1.54, 1.807) is 19.1 Å². The van der Waals surface area contributed by atoms with Crippen LogP contribution >= 0.6 is 0 Å². The molecule has 0 saturated heterocycles. The SMILES string of the molecule is CC=CCOC(=O)O[C]=O. The number of ether oxygens (including phenoxy) is 2. The van der Waals surface area contributed by atoms with E-state index in [-0.39, 0.29) is 6.61 Å². The molecule has 0 N–H and O–H groups in total. The van der Waals surface area contributed by atoms with E-state index in [2.05, 4.69) is 9.47 Å². The smallest absolute Gasteiger partial charge is 0.430 e. The van der Waals surface area contributed by atoms with Gasteiger partial charge in [-0.3, -0.25) is 0 Å². The van der Waals surface area contributed by atoms with Crippen LogP contribution in [0.1, 0.15) is 6.92 Å². The van der Waals surface area contributed by atoms with Gasteiger partial charge in [0.15, 0.2) is 0 Å². The molecule has 0 amide bonds. The first-order chi connectivity index (χ1) is 4.81. The maximum atomic E-state index is 10.2. The lowest BCUT2D eigenvalue weighted by molar-refractivity contribution is 0.104. The molecule has 4 nitrogen and oxygen atoms in total. The quantitative estimate of drug-likeness (QED) is 0.333. The molecule has 4 heteroatoms. The van der Waals surface area contributed by atoms with Crippen molar-refractivity contribution in [3.05, 3.63) is 12.2 Å². The number of carbonyl (C=O) groups excluding carboxylic acids is 2. The summed E-state index contributed by atoms with van der Waals surface area (Å²) in [4.78, 5) is 19.6. The Morgan fingerprint density at radius 2 is 2.40 bits per heavy atom. The standard InChI is InChI=1S/C6H7O4/c1-2-3-4-9-6(8)10-5-7/h2-3H,4H2,1H3. The van der Waals surface area contributed by atoms with Crippen LogP contribution < -0.4 is 0 Å². The molecule has 0 saturated carbocycles. The molecule has 0 fully saturated rings. The lowest BCUT2D eigenvalue weighted by Gasteiger charge is -1.94. The summed E-state index contributed by atoms with van der Waals surface area (Å²) in [5.74, 6) is 0. The van der Waals surface area contributed by atoms with Gasteiger partial charge in [-0.25, -0.2) is 9.59 Å². The van der Waals surface area contributed by atoms with E-state index in [0.29, 0.717) is 0 Å². The monoisotopic (exact) mass is 143 g/mol. The summed E-state index contributed by atoms with van der Waals surface area (Å²) in [5, 5.41) is 0. The molecular weight excluding hydrogens is 136 g/mol. The summed E-state index contributed by atoms with van der Waals surface area (Å²) in [5.41, 5.74) is 0. The van der Waals surface area contributed by atoms with E-state index in [9.17, 15) is 9.59 Å². The second-order valence-electron chi connectivity index (χ2n) is 1.32. The van der Waals surface area contributed by atoms with Crippen molar-refractivity contribution < 1.29 is 19.1 Å². The van der Waals surface area contributed by atoms with Crippen molar-refractivity contribution in [3.8, 4) is 0 Å². The van der Waals surface area contributed by atoms with Crippen molar-refractivity contribution in [2.45, 2.75) is 6.92 Å². The Morgan fingerprint density at radius 1 is 1.70 bits per heavy atom. The lowest BCUT2D eigenvalue weighted by atomic mass is 10.6. The van der Waals surface area contributed by atoms with Crippen LogP contribution in [0.2, 0.25) is 0 Å². The Morgan fingerprint density at radius 3 is 2.90 bits per heavy atom. The summed E-state index contributed by atoms with van der Waals surface area (Å²) in [6.45, 7) is 2.83. The second kappa shape index (κ2) is 5.81. The van der Waals surface area contributed by atoms with E-state index in [4.69, 9.17) is 0 Å². The third-order valence-corrected chi connectivity index (χ3v) is 0.658. The Hall–Kier alpha value is -1.32. The maximum Gasteiger partial charge on any atom is 0.516 e. The normalized spacial score (nSPS) is 9.30. The third-order valence-electron chi connectivity index (χ3n) is 0.658. The minimum absolute atomic E-state index is 0.108. The molecule has 0 spiro atoms. The first-order valence-electron chi connectivity index (χ1n) is 2.63. The highest BCUT2D eigenvalue weighted by Crippen LogP contribution is 1.82. The predicted octanol–water partition coefficient (Wildman–Crippen LogP) is 0.783. The molecule has 0 aliphatic carbocycles. The van der Waals surface area contributed by atoms with Crippen molar-refractivity contribution in [2.24, 2.45) is 0 Å². The van der Waals surface area contributed by atoms with Crippen LogP contribution in [0.15, 0.2) is 12.2 Å². The second-order valence-corrected chi connectivity index (χ2v) is 1.32. The van der Waals surface area contributed by atoms with Gasteiger partial charge in [0.1, 0.15) is 6.61 Å². The van der Waals surface area contributed by atoms with Crippen LogP contribution in [0.25, 0.3) is 0 Å². The molecule has 0 unspecified atom stereocenters. The highest BCUT2D eigenvalue weighted by Gasteiger charge is 1.99. The number of hydrogen-bond acceptors (Lipinski definition) is 4. The summed E-state index contributed by atoms with van der Waals surface area (Å²) in [6.07, 6.45) is 2.28. The van der Waals surface area contributed by atoms with E-state index in [1.807, 2.05) is 0 Å². The minimum atomic E-state index is -1.03. The van der Waals surface area contributed by atoms with Crippen LogP contribution in [0, 0.1) is 0 Å². The van der Waals surface area contributed by atoms with Crippen LogP contribution in [0.4, 0.5) is 4.79 Å². The van der Waals surface area contributed by atoms with Gasteiger partial charge < -0.3 is 9.47 Å². The minimum Gasteiger partial charge on any atom is -0.430 e. The lowest BCUT2D eigenvalue weighted by Crippen LogP contribution is -2.05. The molecular formula is C6H7O4. The molecule has 55 valence electrons. The number of hydrogen-bond donors (Lipinski definition) is 0. The fraction of sp³-hybridized carbons (Fsp3) is 0.333. The molecule has 0 heterocycles. The highest BCUT2D eigenvalue weighted by molar-refractivity contribution is 5.69. The van der Waals surface area contributed by atoms with E-state index in [1.165, 1.54) is 0 Å². The van der Waals surface area contributed by atoms with Crippen LogP contribution in [0.5, 0.6) is 0 Å². The van der Waals surface area contributed by atoms with Gasteiger partial charge in [0, 0.05) is 0 Å². The van der Waals surface area contributed by atoms with Gasteiger partial charge in [0.05, 0.1) is 0 Å². The van der Waals surface area contributed by atoms with Crippen molar-refractivity contribution in [2.75, 3.05) is 6.61 Å². The highest BCUT2D eigenvalue weighted by atomic mass is 16.7. The number of rotatable bonds is 3. The van der Waals surface area contributed by atoms with Crippen LogP contribution in [-0.4, -0.2) is 19.2 Å². The molecule has 10 heavy (non-hydrogen) atoms. The zero-order chi connectivity index (χ0) is 7.82. The first kappa shape index (κ1) is 8.68. The van der Waals surface area contributed by atoms with Gasteiger partial charge in [-0.1, -0.05) is 12.2 Å². The Kier molecular flexibility index (Phi) is 5.04.